The maximum absolute atomic E-state index is 12.8. The fraction of sp³-hybridized carbons (Fsp3) is 0.379. The van der Waals surface area contributed by atoms with E-state index in [1.54, 1.807) is 24.3 Å². The molecule has 0 fully saturated rings. The predicted octanol–water partition coefficient (Wildman–Crippen LogP) is 4.81. The van der Waals surface area contributed by atoms with E-state index in [4.69, 9.17) is 9.57 Å². The van der Waals surface area contributed by atoms with Gasteiger partial charge in [0.15, 0.2) is 12.9 Å². The van der Waals surface area contributed by atoms with E-state index in [1.165, 1.54) is 0 Å². The van der Waals surface area contributed by atoms with Gasteiger partial charge in [-0.15, -0.1) is 5.06 Å². The van der Waals surface area contributed by atoms with Crippen LogP contribution in [0.1, 0.15) is 61.3 Å². The molecule has 1 aliphatic heterocycles. The molecule has 3 aromatic rings. The Morgan fingerprint density at radius 2 is 1.62 bits per heavy atom. The third-order valence-electron chi connectivity index (χ3n) is 6.35. The van der Waals surface area contributed by atoms with Crippen molar-refractivity contribution in [1.82, 2.24) is 10.2 Å². The number of rotatable bonds is 10. The first kappa shape index (κ1) is 26.3. The van der Waals surface area contributed by atoms with Crippen molar-refractivity contribution in [2.24, 2.45) is 12.5 Å². The van der Waals surface area contributed by atoms with E-state index in [0.717, 1.165) is 41.5 Å². The first-order chi connectivity index (χ1) is 17.7. The van der Waals surface area contributed by atoms with Gasteiger partial charge in [-0.2, -0.15) is 0 Å². The molecule has 0 saturated carbocycles. The molecule has 8 nitrogen and oxygen atoms in total. The van der Waals surface area contributed by atoms with Crippen LogP contribution in [0.15, 0.2) is 60.7 Å². The van der Waals surface area contributed by atoms with E-state index in [2.05, 4.69) is 17.3 Å². The summed E-state index contributed by atoms with van der Waals surface area (Å²) in [6.45, 7) is 9.18. The number of hydrogen-bond donors (Lipinski definition) is 1. The number of hydrogen-bond acceptors (Lipinski definition) is 6. The number of benzene rings is 2. The Kier molecular flexibility index (Phi) is 7.88. The van der Waals surface area contributed by atoms with Crippen LogP contribution in [-0.4, -0.2) is 41.2 Å². The van der Waals surface area contributed by atoms with Gasteiger partial charge < -0.3 is 10.1 Å². The zero-order chi connectivity index (χ0) is 26.6. The highest BCUT2D eigenvalue weighted by molar-refractivity contribution is 6.20. The van der Waals surface area contributed by atoms with Crippen molar-refractivity contribution in [1.29, 1.82) is 0 Å². The molecule has 1 N–H and O–H groups in total. The lowest BCUT2D eigenvalue weighted by atomic mass is 9.89. The SMILES string of the molecule is CCCCNc1ccc(-c2ccc(OC[C@@H](ON3C(=O)c4ccccc4C3=O)C(C)(C)C)cc2)[n+](C)n1. The van der Waals surface area contributed by atoms with Gasteiger partial charge in [-0.1, -0.05) is 50.9 Å². The quantitative estimate of drug-likeness (QED) is 0.243. The maximum Gasteiger partial charge on any atom is 0.285 e. The lowest BCUT2D eigenvalue weighted by Gasteiger charge is -2.32. The van der Waals surface area contributed by atoms with Crippen LogP contribution in [0.5, 0.6) is 5.75 Å². The van der Waals surface area contributed by atoms with Crippen LogP contribution in [-0.2, 0) is 11.9 Å². The molecule has 0 spiro atoms. The molecule has 1 aromatic heterocycles. The van der Waals surface area contributed by atoms with Crippen LogP contribution in [0.25, 0.3) is 11.3 Å². The number of ether oxygens (including phenoxy) is 1. The van der Waals surface area contributed by atoms with Crippen molar-refractivity contribution in [3.8, 4) is 17.0 Å². The van der Waals surface area contributed by atoms with Crippen molar-refractivity contribution >= 4 is 17.6 Å². The summed E-state index contributed by atoms with van der Waals surface area (Å²) in [6, 6.07) is 18.5. The van der Waals surface area contributed by atoms with E-state index in [1.807, 2.05) is 68.9 Å². The number of amides is 2. The number of nitrogens with one attached hydrogen (secondary N) is 1. The molecule has 2 heterocycles. The lowest BCUT2D eigenvalue weighted by Crippen LogP contribution is -2.43. The van der Waals surface area contributed by atoms with Gasteiger partial charge in [-0.05, 0) is 54.3 Å². The minimum absolute atomic E-state index is 0.170. The van der Waals surface area contributed by atoms with Gasteiger partial charge in [0, 0.05) is 23.3 Å². The Morgan fingerprint density at radius 3 is 2.19 bits per heavy atom. The van der Waals surface area contributed by atoms with Gasteiger partial charge in [-0.3, -0.25) is 14.4 Å². The molecule has 0 aliphatic carbocycles. The smallest absolute Gasteiger partial charge is 0.285 e. The minimum atomic E-state index is -0.538. The number of carbonyl (C=O) groups excluding carboxylic acids is 2. The zero-order valence-electron chi connectivity index (χ0n) is 22.2. The Morgan fingerprint density at radius 1 is 0.973 bits per heavy atom. The molecule has 1 atom stereocenters. The van der Waals surface area contributed by atoms with E-state index < -0.39 is 17.9 Å². The summed E-state index contributed by atoms with van der Waals surface area (Å²) in [6.07, 6.45) is 1.70. The molecule has 0 unspecified atom stereocenters. The van der Waals surface area contributed by atoms with Gasteiger partial charge >= 0.3 is 0 Å². The van der Waals surface area contributed by atoms with Crippen LogP contribution >= 0.6 is 0 Å². The van der Waals surface area contributed by atoms with Gasteiger partial charge in [0.25, 0.3) is 11.8 Å². The monoisotopic (exact) mass is 503 g/mol. The number of aromatic nitrogens is 2. The Hall–Kier alpha value is -3.78. The van der Waals surface area contributed by atoms with Crippen LogP contribution in [0.2, 0.25) is 0 Å². The van der Waals surface area contributed by atoms with E-state index >= 15 is 0 Å². The number of carbonyl (C=O) groups is 2. The second-order valence-electron chi connectivity index (χ2n) is 10.3. The Bertz CT molecular complexity index is 1230. The lowest BCUT2D eigenvalue weighted by molar-refractivity contribution is -0.719. The van der Waals surface area contributed by atoms with Crippen molar-refractivity contribution in [2.45, 2.75) is 46.6 Å². The molecule has 194 valence electrons. The highest BCUT2D eigenvalue weighted by Gasteiger charge is 2.40. The Labute approximate surface area is 218 Å². The maximum atomic E-state index is 12.8. The summed E-state index contributed by atoms with van der Waals surface area (Å²) in [5.74, 6) is 0.614. The first-order valence-electron chi connectivity index (χ1n) is 12.7. The molecule has 2 amide bonds. The van der Waals surface area contributed by atoms with Crippen molar-refractivity contribution in [2.75, 3.05) is 18.5 Å². The van der Waals surface area contributed by atoms with Crippen molar-refractivity contribution in [3.05, 3.63) is 71.8 Å². The highest BCUT2D eigenvalue weighted by atomic mass is 16.7. The van der Waals surface area contributed by atoms with E-state index in [9.17, 15) is 9.59 Å². The molecular weight excluding hydrogens is 468 g/mol. The second kappa shape index (κ2) is 11.1. The van der Waals surface area contributed by atoms with Crippen LogP contribution < -0.4 is 14.7 Å². The summed E-state index contributed by atoms with van der Waals surface area (Å²) < 4.78 is 7.90. The normalized spacial score (nSPS) is 14.0. The number of aryl methyl sites for hydroxylation is 1. The number of unbranched alkanes of at least 4 members (excludes halogenated alkanes) is 1. The summed E-state index contributed by atoms with van der Waals surface area (Å²) in [4.78, 5) is 31.5. The number of fused-ring (bicyclic) bond motifs is 1. The minimum Gasteiger partial charge on any atom is -0.491 e. The average molecular weight is 504 g/mol. The van der Waals surface area contributed by atoms with Gasteiger partial charge in [-0.25, -0.2) is 0 Å². The number of imide groups is 1. The zero-order valence-corrected chi connectivity index (χ0v) is 22.2. The number of anilines is 1. The molecule has 0 bridgehead atoms. The Balaban J connectivity index is 1.41. The third kappa shape index (κ3) is 5.97. The van der Waals surface area contributed by atoms with Crippen LogP contribution in [0.4, 0.5) is 5.82 Å². The molecule has 4 rings (SSSR count). The fourth-order valence-corrected chi connectivity index (χ4v) is 4.01. The number of hydroxylamine groups is 2. The summed E-state index contributed by atoms with van der Waals surface area (Å²) in [5.41, 5.74) is 2.31. The standard InChI is InChI=1S/C29H35N4O4/c1-6-7-18-30-26-17-16-24(32(5)31-26)20-12-14-21(15-13-20)36-19-25(29(2,3)4)37-33-27(34)22-10-8-9-11-23(22)28(33)35/h8-17,25H,6-7,18-19H2,1-5H3,(H,30,31)/q+1/t25-/m1/s1. The fourth-order valence-electron chi connectivity index (χ4n) is 4.01. The van der Waals surface area contributed by atoms with Gasteiger partial charge in [0.1, 0.15) is 18.5 Å². The van der Waals surface area contributed by atoms with Crippen molar-refractivity contribution < 1.29 is 23.8 Å². The van der Waals surface area contributed by atoms with Gasteiger partial charge in [0.05, 0.1) is 11.1 Å². The molecule has 0 saturated heterocycles. The van der Waals surface area contributed by atoms with Crippen LogP contribution in [0, 0.1) is 5.41 Å². The average Bonchev–Trinajstić information content (AvgIpc) is 3.11. The van der Waals surface area contributed by atoms with E-state index in [-0.39, 0.29) is 12.0 Å². The number of nitrogens with zero attached hydrogens (tertiary/aromatic N) is 3. The molecule has 8 heteroatoms. The topological polar surface area (TPSA) is 84.6 Å². The summed E-state index contributed by atoms with van der Waals surface area (Å²) >= 11 is 0. The summed E-state index contributed by atoms with van der Waals surface area (Å²) in [5, 5.41) is 8.81. The predicted molar refractivity (Wildman–Crippen MR) is 141 cm³/mol. The summed E-state index contributed by atoms with van der Waals surface area (Å²) in [7, 11) is 1.93. The van der Waals surface area contributed by atoms with Crippen LogP contribution in [0.3, 0.4) is 0 Å². The molecule has 0 radical (unpaired) electrons. The second-order valence-corrected chi connectivity index (χ2v) is 10.3. The molecular formula is C29H35N4O4+. The first-order valence-corrected chi connectivity index (χ1v) is 12.7. The largest absolute Gasteiger partial charge is 0.491 e. The van der Waals surface area contributed by atoms with Crippen molar-refractivity contribution in [3.63, 3.8) is 0 Å². The molecule has 2 aromatic carbocycles. The third-order valence-corrected chi connectivity index (χ3v) is 6.35. The van der Waals surface area contributed by atoms with E-state index in [0.29, 0.717) is 16.9 Å². The molecule has 37 heavy (non-hydrogen) atoms. The molecule has 1 aliphatic rings. The highest BCUT2D eigenvalue weighted by Crippen LogP contribution is 2.29. The van der Waals surface area contributed by atoms with Gasteiger partial charge in [0.2, 0.25) is 5.69 Å².